The van der Waals surface area contributed by atoms with Crippen molar-refractivity contribution in [3.05, 3.63) is 21.3 Å². The Labute approximate surface area is 112 Å². The Kier molecular flexibility index (Phi) is 4.02. The van der Waals surface area contributed by atoms with E-state index in [-0.39, 0.29) is 18.6 Å². The number of carbonyl (C=O) groups excluding carboxylic acids is 1. The zero-order valence-corrected chi connectivity index (χ0v) is 11.0. The zero-order valence-electron chi connectivity index (χ0n) is 9.47. The Bertz CT molecular complexity index is 441. The molecule has 1 aliphatic rings. The number of alkyl halides is 3. The van der Waals surface area contributed by atoms with E-state index < -0.39 is 18.0 Å². The summed E-state index contributed by atoms with van der Waals surface area (Å²) in [5.41, 5.74) is 0. The van der Waals surface area contributed by atoms with Crippen LogP contribution in [0.4, 0.5) is 13.2 Å². The summed E-state index contributed by atoms with van der Waals surface area (Å²) in [4.78, 5) is 12.5. The molecule has 0 bridgehead atoms. The van der Waals surface area contributed by atoms with Crippen LogP contribution in [-0.2, 0) is 0 Å². The van der Waals surface area contributed by atoms with Crippen LogP contribution in [-0.4, -0.2) is 12.0 Å². The lowest BCUT2D eigenvalue weighted by Crippen LogP contribution is -2.31. The molecule has 2 rings (SSSR count). The molecule has 0 spiro atoms. The third kappa shape index (κ3) is 2.88. The highest BCUT2D eigenvalue weighted by atomic mass is 35.5. The molecule has 1 heterocycles. The predicted octanol–water partition coefficient (Wildman–Crippen LogP) is 4.95. The first-order valence-corrected chi connectivity index (χ1v) is 6.99. The van der Waals surface area contributed by atoms with E-state index in [9.17, 15) is 18.0 Å². The predicted molar refractivity (Wildman–Crippen MR) is 65.2 cm³/mol. The van der Waals surface area contributed by atoms with E-state index >= 15 is 0 Å². The molecule has 2 unspecified atom stereocenters. The van der Waals surface area contributed by atoms with Crippen molar-refractivity contribution in [2.45, 2.75) is 31.9 Å². The van der Waals surface area contributed by atoms with Crippen LogP contribution in [0.5, 0.6) is 0 Å². The molecule has 0 amide bonds. The van der Waals surface area contributed by atoms with Crippen molar-refractivity contribution in [2.24, 2.45) is 11.8 Å². The number of rotatable bonds is 2. The van der Waals surface area contributed by atoms with Crippen LogP contribution in [0, 0.1) is 11.8 Å². The summed E-state index contributed by atoms with van der Waals surface area (Å²) in [6.07, 6.45) is -3.19. The molecule has 1 aromatic heterocycles. The van der Waals surface area contributed by atoms with Crippen molar-refractivity contribution < 1.29 is 18.0 Å². The maximum atomic E-state index is 12.7. The number of hydrogen-bond donors (Lipinski definition) is 0. The second-order valence-electron chi connectivity index (χ2n) is 4.56. The van der Waals surface area contributed by atoms with Gasteiger partial charge in [0.05, 0.1) is 15.8 Å². The molecule has 2 atom stereocenters. The summed E-state index contributed by atoms with van der Waals surface area (Å²) in [6, 6.07) is 1.60. The quantitative estimate of drug-likeness (QED) is 0.706. The summed E-state index contributed by atoms with van der Waals surface area (Å²) >= 11 is 7.04. The molecule has 18 heavy (non-hydrogen) atoms. The van der Waals surface area contributed by atoms with Crippen LogP contribution in [0.2, 0.25) is 5.02 Å². The monoisotopic (exact) mass is 296 g/mol. The lowest BCUT2D eigenvalue weighted by Gasteiger charge is -2.29. The molecule has 1 nitrogen and oxygen atoms in total. The molecule has 1 aliphatic carbocycles. The molecular formula is C12H12ClF3OS. The lowest BCUT2D eigenvalue weighted by molar-refractivity contribution is -0.184. The Morgan fingerprint density at radius 2 is 2.11 bits per heavy atom. The first-order chi connectivity index (χ1) is 8.39. The number of thiophene rings is 1. The van der Waals surface area contributed by atoms with E-state index in [0.29, 0.717) is 22.7 Å². The molecule has 100 valence electrons. The van der Waals surface area contributed by atoms with Crippen molar-refractivity contribution in [3.63, 3.8) is 0 Å². The largest absolute Gasteiger partial charge is 0.391 e. The van der Waals surface area contributed by atoms with Gasteiger partial charge in [0.25, 0.3) is 0 Å². The molecule has 1 aromatic rings. The average molecular weight is 297 g/mol. The van der Waals surface area contributed by atoms with Gasteiger partial charge in [-0.15, -0.1) is 11.3 Å². The lowest BCUT2D eigenvalue weighted by atomic mass is 9.79. The Hall–Kier alpha value is -0.550. The summed E-state index contributed by atoms with van der Waals surface area (Å²) < 4.78 is 38.0. The van der Waals surface area contributed by atoms with Crippen LogP contribution in [0.25, 0.3) is 0 Å². The molecule has 0 aromatic carbocycles. The molecule has 0 N–H and O–H groups in total. The van der Waals surface area contributed by atoms with Gasteiger partial charge in [-0.1, -0.05) is 18.0 Å². The van der Waals surface area contributed by atoms with Gasteiger partial charge in [0.15, 0.2) is 5.78 Å². The minimum atomic E-state index is -4.20. The minimum Gasteiger partial charge on any atom is -0.293 e. The molecular weight excluding hydrogens is 285 g/mol. The van der Waals surface area contributed by atoms with Crippen LogP contribution < -0.4 is 0 Å². The van der Waals surface area contributed by atoms with Gasteiger partial charge >= 0.3 is 6.18 Å². The van der Waals surface area contributed by atoms with Crippen molar-refractivity contribution in [1.82, 2.24) is 0 Å². The first kappa shape index (κ1) is 13.9. The van der Waals surface area contributed by atoms with Crippen LogP contribution in [0.3, 0.4) is 0 Å². The van der Waals surface area contributed by atoms with E-state index in [0.717, 1.165) is 0 Å². The Morgan fingerprint density at radius 1 is 1.39 bits per heavy atom. The second-order valence-corrected chi connectivity index (χ2v) is 5.89. The fourth-order valence-corrected chi connectivity index (χ4v) is 3.55. The number of hydrogen-bond acceptors (Lipinski definition) is 2. The number of ketones is 1. The minimum absolute atomic E-state index is 0.101. The van der Waals surface area contributed by atoms with Crippen LogP contribution in [0.15, 0.2) is 11.4 Å². The van der Waals surface area contributed by atoms with Gasteiger partial charge in [0.1, 0.15) is 0 Å². The van der Waals surface area contributed by atoms with E-state index in [4.69, 9.17) is 11.6 Å². The van der Waals surface area contributed by atoms with Crippen molar-refractivity contribution in [1.29, 1.82) is 0 Å². The molecule has 1 saturated carbocycles. The van der Waals surface area contributed by atoms with Gasteiger partial charge in [-0.3, -0.25) is 4.79 Å². The Morgan fingerprint density at radius 3 is 2.67 bits per heavy atom. The van der Waals surface area contributed by atoms with E-state index in [1.807, 2.05) is 0 Å². The summed E-state index contributed by atoms with van der Waals surface area (Å²) in [7, 11) is 0. The molecule has 0 aliphatic heterocycles. The molecule has 6 heteroatoms. The molecule has 0 radical (unpaired) electrons. The van der Waals surface area contributed by atoms with Gasteiger partial charge in [0.2, 0.25) is 0 Å². The maximum absolute atomic E-state index is 12.7. The van der Waals surface area contributed by atoms with E-state index in [1.165, 1.54) is 11.3 Å². The van der Waals surface area contributed by atoms with Crippen molar-refractivity contribution in [2.75, 3.05) is 0 Å². The maximum Gasteiger partial charge on any atom is 0.391 e. The molecule has 1 fully saturated rings. The molecule has 0 saturated heterocycles. The number of carbonyl (C=O) groups is 1. The Balaban J connectivity index is 2.10. The van der Waals surface area contributed by atoms with Gasteiger partial charge in [-0.2, -0.15) is 13.2 Å². The van der Waals surface area contributed by atoms with Gasteiger partial charge in [0, 0.05) is 5.92 Å². The average Bonchev–Trinajstić information content (AvgIpc) is 2.73. The second kappa shape index (κ2) is 5.21. The SMILES string of the molecule is O=C(c1sccc1Cl)C1CCCC(C(F)(F)F)C1. The fourth-order valence-electron chi connectivity index (χ4n) is 2.38. The van der Waals surface area contributed by atoms with Gasteiger partial charge in [-0.25, -0.2) is 0 Å². The highest BCUT2D eigenvalue weighted by molar-refractivity contribution is 7.12. The van der Waals surface area contributed by atoms with Crippen molar-refractivity contribution in [3.8, 4) is 0 Å². The van der Waals surface area contributed by atoms with Gasteiger partial charge in [-0.05, 0) is 30.7 Å². The van der Waals surface area contributed by atoms with E-state index in [2.05, 4.69) is 0 Å². The summed E-state index contributed by atoms with van der Waals surface area (Å²) in [5, 5.41) is 2.03. The normalized spacial score (nSPS) is 25.1. The zero-order chi connectivity index (χ0) is 13.3. The third-order valence-corrected chi connectivity index (χ3v) is 4.70. The number of halogens is 4. The van der Waals surface area contributed by atoms with Crippen molar-refractivity contribution >= 4 is 28.7 Å². The van der Waals surface area contributed by atoms with E-state index in [1.54, 1.807) is 11.4 Å². The highest BCUT2D eigenvalue weighted by Gasteiger charge is 2.43. The first-order valence-electron chi connectivity index (χ1n) is 5.73. The number of Topliss-reactive ketones (excluding diaryl/α,β-unsaturated/α-hetero) is 1. The van der Waals surface area contributed by atoms with Crippen LogP contribution >= 0.6 is 22.9 Å². The fraction of sp³-hybridized carbons (Fsp3) is 0.583. The highest BCUT2D eigenvalue weighted by Crippen LogP contribution is 2.41. The summed E-state index contributed by atoms with van der Waals surface area (Å²) in [5.74, 6) is -2.12. The summed E-state index contributed by atoms with van der Waals surface area (Å²) in [6.45, 7) is 0. The van der Waals surface area contributed by atoms with Crippen LogP contribution in [0.1, 0.15) is 35.4 Å². The van der Waals surface area contributed by atoms with Gasteiger partial charge < -0.3 is 0 Å². The third-order valence-electron chi connectivity index (χ3n) is 3.35. The standard InChI is InChI=1S/C12H12ClF3OS/c13-9-4-5-18-11(9)10(17)7-2-1-3-8(6-7)12(14,15)16/h4-5,7-8H,1-3,6H2. The smallest absolute Gasteiger partial charge is 0.293 e. The topological polar surface area (TPSA) is 17.1 Å².